The van der Waals surface area contributed by atoms with Crippen LogP contribution in [0.3, 0.4) is 0 Å². The van der Waals surface area contributed by atoms with Crippen LogP contribution < -0.4 is 4.74 Å². The molecular formula is C33H43FN2O2. The van der Waals surface area contributed by atoms with Crippen LogP contribution in [-0.4, -0.2) is 21.6 Å². The molecule has 0 fully saturated rings. The zero-order valence-corrected chi connectivity index (χ0v) is 23.3. The van der Waals surface area contributed by atoms with E-state index in [1.807, 2.05) is 19.1 Å². The normalized spacial score (nSPS) is 12.7. The second-order valence-corrected chi connectivity index (χ2v) is 10.4. The van der Waals surface area contributed by atoms with Gasteiger partial charge in [0.25, 0.3) is 0 Å². The van der Waals surface area contributed by atoms with E-state index in [0.29, 0.717) is 18.0 Å². The van der Waals surface area contributed by atoms with Crippen molar-refractivity contribution in [3.8, 4) is 28.3 Å². The summed E-state index contributed by atoms with van der Waals surface area (Å²) >= 11 is 0. The highest BCUT2D eigenvalue weighted by atomic mass is 19.1. The van der Waals surface area contributed by atoms with Crippen molar-refractivity contribution in [2.24, 2.45) is 0 Å². The van der Waals surface area contributed by atoms with Crippen molar-refractivity contribution in [3.63, 3.8) is 0 Å². The summed E-state index contributed by atoms with van der Waals surface area (Å²) in [6.45, 7) is 5.50. The van der Waals surface area contributed by atoms with Crippen LogP contribution in [0.15, 0.2) is 60.9 Å². The molecular weight excluding hydrogens is 475 g/mol. The molecule has 0 aliphatic rings. The first-order valence-corrected chi connectivity index (χ1v) is 14.4. The number of alkyl halides is 1. The van der Waals surface area contributed by atoms with Crippen molar-refractivity contribution in [2.75, 3.05) is 0 Å². The van der Waals surface area contributed by atoms with Crippen molar-refractivity contribution in [2.45, 2.75) is 103 Å². The average Bonchev–Trinajstić information content (AvgIpc) is 2.94. The van der Waals surface area contributed by atoms with E-state index in [-0.39, 0.29) is 6.42 Å². The fourth-order valence-corrected chi connectivity index (χ4v) is 4.45. The molecule has 0 radical (unpaired) electrons. The molecule has 5 heteroatoms. The van der Waals surface area contributed by atoms with Crippen LogP contribution in [-0.2, 0) is 11.2 Å². The predicted molar refractivity (Wildman–Crippen MR) is 154 cm³/mol. The number of rotatable bonds is 16. The molecule has 2 aromatic carbocycles. The minimum Gasteiger partial charge on any atom is -0.424 e. The average molecular weight is 519 g/mol. The molecule has 3 rings (SSSR count). The topological polar surface area (TPSA) is 52.1 Å². The Morgan fingerprint density at radius 1 is 0.737 bits per heavy atom. The van der Waals surface area contributed by atoms with Gasteiger partial charge in [0.05, 0.1) is 0 Å². The van der Waals surface area contributed by atoms with Crippen molar-refractivity contribution >= 4 is 5.97 Å². The Balaban J connectivity index is 1.49. The Morgan fingerprint density at radius 2 is 1.29 bits per heavy atom. The van der Waals surface area contributed by atoms with Crippen LogP contribution in [0.1, 0.15) is 97.0 Å². The van der Waals surface area contributed by atoms with Gasteiger partial charge in [-0.2, -0.15) is 0 Å². The standard InChI is InChI=1S/C33H43FN2O2/c1-4-6-8-9-10-11-12-13-14-26-15-17-28(18-16-26)31-35-24-29(25-36-31)27-19-21-30(22-20-27)38-32(37)33(3,34)23-7-5-2/h15-22,24-25H,4-14,23H2,1-3H3. The Hall–Kier alpha value is -3.08. The van der Waals surface area contributed by atoms with Gasteiger partial charge < -0.3 is 4.74 Å². The van der Waals surface area contributed by atoms with Gasteiger partial charge in [-0.15, -0.1) is 0 Å². The van der Waals surface area contributed by atoms with Crippen molar-refractivity contribution in [1.82, 2.24) is 9.97 Å². The molecule has 1 aromatic heterocycles. The summed E-state index contributed by atoms with van der Waals surface area (Å²) in [6.07, 6.45) is 17.0. The molecule has 1 unspecified atom stereocenters. The second kappa shape index (κ2) is 15.4. The third-order valence-electron chi connectivity index (χ3n) is 7.01. The quantitative estimate of drug-likeness (QED) is 0.108. The number of ether oxygens (including phenoxy) is 1. The van der Waals surface area contributed by atoms with Crippen molar-refractivity contribution in [3.05, 3.63) is 66.5 Å². The van der Waals surface area contributed by atoms with Gasteiger partial charge in [-0.25, -0.2) is 19.2 Å². The smallest absolute Gasteiger partial charge is 0.348 e. The maximum absolute atomic E-state index is 14.5. The predicted octanol–water partition coefficient (Wildman–Crippen LogP) is 9.32. The van der Waals surface area contributed by atoms with E-state index in [1.54, 1.807) is 24.5 Å². The van der Waals surface area contributed by atoms with E-state index in [1.165, 1.54) is 63.9 Å². The number of carbonyl (C=O) groups is 1. The maximum atomic E-state index is 14.5. The first-order chi connectivity index (χ1) is 18.4. The van der Waals surface area contributed by atoms with Crippen LogP contribution in [0, 0.1) is 0 Å². The highest BCUT2D eigenvalue weighted by Gasteiger charge is 2.34. The summed E-state index contributed by atoms with van der Waals surface area (Å²) in [5.74, 6) is 0.158. The summed E-state index contributed by atoms with van der Waals surface area (Å²) in [7, 11) is 0. The number of aryl methyl sites for hydroxylation is 1. The number of carbonyl (C=O) groups excluding carboxylic acids is 1. The molecule has 0 aliphatic carbocycles. The third kappa shape index (κ3) is 9.34. The zero-order valence-electron chi connectivity index (χ0n) is 23.3. The van der Waals surface area contributed by atoms with Crippen LogP contribution in [0.4, 0.5) is 4.39 Å². The largest absolute Gasteiger partial charge is 0.424 e. The summed E-state index contributed by atoms with van der Waals surface area (Å²) < 4.78 is 19.8. The lowest BCUT2D eigenvalue weighted by molar-refractivity contribution is -0.147. The number of unbranched alkanes of at least 4 members (excludes halogenated alkanes) is 8. The van der Waals surface area contributed by atoms with E-state index in [4.69, 9.17) is 4.74 Å². The zero-order chi connectivity index (χ0) is 27.2. The SMILES string of the molecule is CCCCCCCCCCc1ccc(-c2ncc(-c3ccc(OC(=O)C(C)(F)CCCC)cc3)cn2)cc1. The second-order valence-electron chi connectivity index (χ2n) is 10.4. The number of hydrogen-bond acceptors (Lipinski definition) is 4. The third-order valence-corrected chi connectivity index (χ3v) is 7.01. The van der Waals surface area contributed by atoms with Crippen LogP contribution >= 0.6 is 0 Å². The summed E-state index contributed by atoms with van der Waals surface area (Å²) in [5, 5.41) is 0. The van der Waals surface area contributed by atoms with Gasteiger partial charge in [-0.1, -0.05) is 102 Å². The number of esters is 1. The number of hydrogen-bond donors (Lipinski definition) is 0. The van der Waals surface area contributed by atoms with Crippen molar-refractivity contribution < 1.29 is 13.9 Å². The first-order valence-electron chi connectivity index (χ1n) is 14.4. The lowest BCUT2D eigenvalue weighted by Gasteiger charge is -2.18. The molecule has 204 valence electrons. The van der Waals surface area contributed by atoms with Crippen LogP contribution in [0.2, 0.25) is 0 Å². The molecule has 0 N–H and O–H groups in total. The van der Waals surface area contributed by atoms with Gasteiger partial charge in [0.15, 0.2) is 5.82 Å². The van der Waals surface area contributed by atoms with E-state index in [0.717, 1.165) is 29.5 Å². The molecule has 1 heterocycles. The van der Waals surface area contributed by atoms with E-state index < -0.39 is 11.6 Å². The number of halogens is 1. The fraction of sp³-hybridized carbons (Fsp3) is 0.485. The summed E-state index contributed by atoms with van der Waals surface area (Å²) in [6, 6.07) is 15.5. The lowest BCUT2D eigenvalue weighted by Crippen LogP contribution is -2.34. The van der Waals surface area contributed by atoms with Gasteiger partial charge >= 0.3 is 5.97 Å². The molecule has 1 atom stereocenters. The number of benzene rings is 2. The van der Waals surface area contributed by atoms with E-state index in [2.05, 4.69) is 41.2 Å². The van der Waals surface area contributed by atoms with E-state index >= 15 is 0 Å². The van der Waals surface area contributed by atoms with Crippen molar-refractivity contribution in [1.29, 1.82) is 0 Å². The Bertz CT molecular complexity index is 1090. The Morgan fingerprint density at radius 3 is 1.89 bits per heavy atom. The van der Waals surface area contributed by atoms with Gasteiger partial charge in [0.2, 0.25) is 5.67 Å². The van der Waals surface area contributed by atoms with Crippen LogP contribution in [0.5, 0.6) is 5.75 Å². The van der Waals surface area contributed by atoms with Gasteiger partial charge in [0, 0.05) is 23.5 Å². The summed E-state index contributed by atoms with van der Waals surface area (Å²) in [4.78, 5) is 21.3. The number of nitrogens with zero attached hydrogens (tertiary/aromatic N) is 2. The highest BCUT2D eigenvalue weighted by Crippen LogP contribution is 2.26. The minimum absolute atomic E-state index is 0.159. The Kier molecular flexibility index (Phi) is 11.9. The molecule has 0 amide bonds. The van der Waals surface area contributed by atoms with Gasteiger partial charge in [-0.05, 0) is 55.9 Å². The van der Waals surface area contributed by atoms with E-state index in [9.17, 15) is 9.18 Å². The molecule has 0 aliphatic heterocycles. The highest BCUT2D eigenvalue weighted by molar-refractivity contribution is 5.81. The number of aromatic nitrogens is 2. The molecule has 0 spiro atoms. The van der Waals surface area contributed by atoms with Gasteiger partial charge in [-0.3, -0.25) is 0 Å². The van der Waals surface area contributed by atoms with Gasteiger partial charge in [0.1, 0.15) is 5.75 Å². The maximum Gasteiger partial charge on any atom is 0.348 e. The minimum atomic E-state index is -1.98. The first kappa shape index (κ1) is 29.5. The monoisotopic (exact) mass is 518 g/mol. The molecule has 3 aromatic rings. The molecule has 38 heavy (non-hydrogen) atoms. The Labute approximate surface area is 228 Å². The molecule has 0 saturated heterocycles. The molecule has 0 saturated carbocycles. The molecule has 4 nitrogen and oxygen atoms in total. The lowest BCUT2D eigenvalue weighted by atomic mass is 10.0. The van der Waals surface area contributed by atoms with Crippen LogP contribution in [0.25, 0.3) is 22.5 Å². The fourth-order valence-electron chi connectivity index (χ4n) is 4.45. The molecule has 0 bridgehead atoms. The summed E-state index contributed by atoms with van der Waals surface area (Å²) in [5.41, 5.74) is 2.12.